The Balaban J connectivity index is 1.53. The number of thiophene rings is 2. The van der Waals surface area contributed by atoms with Crippen LogP contribution in [0.4, 0.5) is 0 Å². The molecule has 2 aromatic heterocycles. The first-order valence-electron chi connectivity index (χ1n) is 6.79. The SMILES string of the molecule is O=C(NCc1ccsc1)C1(C(=O)NCc2ccsc2)CC1. The van der Waals surface area contributed by atoms with E-state index in [1.165, 1.54) is 0 Å². The zero-order valence-corrected chi connectivity index (χ0v) is 13.1. The first kappa shape index (κ1) is 14.3. The predicted molar refractivity (Wildman–Crippen MR) is 84.0 cm³/mol. The van der Waals surface area contributed by atoms with Crippen molar-refractivity contribution >= 4 is 34.5 Å². The van der Waals surface area contributed by atoms with Crippen LogP contribution in [0.25, 0.3) is 0 Å². The third-order valence-electron chi connectivity index (χ3n) is 3.69. The van der Waals surface area contributed by atoms with E-state index >= 15 is 0 Å². The minimum absolute atomic E-state index is 0.156. The molecule has 1 fully saturated rings. The van der Waals surface area contributed by atoms with Gasteiger partial charge in [0.25, 0.3) is 0 Å². The van der Waals surface area contributed by atoms with E-state index in [2.05, 4.69) is 10.6 Å². The smallest absolute Gasteiger partial charge is 0.235 e. The van der Waals surface area contributed by atoms with E-state index in [1.54, 1.807) is 22.7 Å². The van der Waals surface area contributed by atoms with Crippen molar-refractivity contribution < 1.29 is 9.59 Å². The van der Waals surface area contributed by atoms with Crippen LogP contribution in [0.5, 0.6) is 0 Å². The average molecular weight is 320 g/mol. The summed E-state index contributed by atoms with van der Waals surface area (Å²) in [4.78, 5) is 24.5. The molecule has 1 aliphatic rings. The van der Waals surface area contributed by atoms with Gasteiger partial charge in [-0.2, -0.15) is 22.7 Å². The zero-order valence-electron chi connectivity index (χ0n) is 11.4. The van der Waals surface area contributed by atoms with Crippen LogP contribution in [0.1, 0.15) is 24.0 Å². The van der Waals surface area contributed by atoms with Crippen molar-refractivity contribution in [3.63, 3.8) is 0 Å². The largest absolute Gasteiger partial charge is 0.351 e. The molecule has 0 atom stereocenters. The normalized spacial score (nSPS) is 15.4. The van der Waals surface area contributed by atoms with Crippen LogP contribution >= 0.6 is 22.7 Å². The molecule has 0 saturated heterocycles. The van der Waals surface area contributed by atoms with Gasteiger partial charge in [0, 0.05) is 13.1 Å². The first-order valence-corrected chi connectivity index (χ1v) is 8.68. The average Bonchev–Trinajstić information content (AvgIpc) is 2.92. The summed E-state index contributed by atoms with van der Waals surface area (Å²) in [6, 6.07) is 3.95. The summed E-state index contributed by atoms with van der Waals surface area (Å²) in [7, 11) is 0. The van der Waals surface area contributed by atoms with Gasteiger partial charge in [0.15, 0.2) is 0 Å². The van der Waals surface area contributed by atoms with Crippen LogP contribution in [0.15, 0.2) is 33.7 Å². The summed E-state index contributed by atoms with van der Waals surface area (Å²) in [6.45, 7) is 0.976. The van der Waals surface area contributed by atoms with Gasteiger partial charge in [0.2, 0.25) is 11.8 Å². The van der Waals surface area contributed by atoms with Crippen molar-refractivity contribution in [3.8, 4) is 0 Å². The predicted octanol–water partition coefficient (Wildman–Crippen LogP) is 2.52. The summed E-state index contributed by atoms with van der Waals surface area (Å²) in [5, 5.41) is 13.7. The van der Waals surface area contributed by atoms with Gasteiger partial charge in [-0.1, -0.05) is 0 Å². The molecular weight excluding hydrogens is 304 g/mol. The van der Waals surface area contributed by atoms with Crippen molar-refractivity contribution in [2.75, 3.05) is 0 Å². The van der Waals surface area contributed by atoms with Gasteiger partial charge in [-0.25, -0.2) is 0 Å². The third kappa shape index (κ3) is 3.16. The number of carbonyl (C=O) groups excluding carboxylic acids is 2. The monoisotopic (exact) mass is 320 g/mol. The second-order valence-corrected chi connectivity index (χ2v) is 6.77. The maximum absolute atomic E-state index is 12.3. The van der Waals surface area contributed by atoms with Gasteiger partial charge in [-0.15, -0.1) is 0 Å². The molecule has 0 unspecified atom stereocenters. The van der Waals surface area contributed by atoms with Gasteiger partial charge in [0.1, 0.15) is 5.41 Å². The third-order valence-corrected chi connectivity index (χ3v) is 5.15. The van der Waals surface area contributed by atoms with E-state index < -0.39 is 5.41 Å². The molecule has 1 aliphatic carbocycles. The van der Waals surface area contributed by atoms with E-state index in [4.69, 9.17) is 0 Å². The lowest BCUT2D eigenvalue weighted by Crippen LogP contribution is -2.42. The van der Waals surface area contributed by atoms with Gasteiger partial charge in [-0.3, -0.25) is 9.59 Å². The van der Waals surface area contributed by atoms with E-state index in [0.29, 0.717) is 25.9 Å². The van der Waals surface area contributed by atoms with Gasteiger partial charge >= 0.3 is 0 Å². The molecule has 110 valence electrons. The fourth-order valence-electron chi connectivity index (χ4n) is 2.17. The Morgan fingerprint density at radius 2 is 1.43 bits per heavy atom. The molecule has 0 radical (unpaired) electrons. The molecule has 2 aromatic rings. The van der Waals surface area contributed by atoms with E-state index in [9.17, 15) is 9.59 Å². The summed E-state index contributed by atoms with van der Waals surface area (Å²) >= 11 is 3.20. The van der Waals surface area contributed by atoms with E-state index in [1.807, 2.05) is 33.7 Å². The number of carbonyl (C=O) groups is 2. The van der Waals surface area contributed by atoms with Crippen molar-refractivity contribution in [3.05, 3.63) is 44.8 Å². The Labute approximate surface area is 131 Å². The van der Waals surface area contributed by atoms with Crippen LogP contribution in [0.2, 0.25) is 0 Å². The first-order chi connectivity index (χ1) is 10.2. The fourth-order valence-corrected chi connectivity index (χ4v) is 3.51. The van der Waals surface area contributed by atoms with Crippen LogP contribution < -0.4 is 10.6 Å². The molecule has 6 heteroatoms. The number of nitrogens with one attached hydrogen (secondary N) is 2. The summed E-state index contributed by atoms with van der Waals surface area (Å²) in [5.74, 6) is -0.312. The second-order valence-electron chi connectivity index (χ2n) is 5.21. The van der Waals surface area contributed by atoms with Crippen LogP contribution in [0.3, 0.4) is 0 Å². The van der Waals surface area contributed by atoms with Crippen molar-refractivity contribution in [1.82, 2.24) is 10.6 Å². The quantitative estimate of drug-likeness (QED) is 0.804. The maximum atomic E-state index is 12.3. The molecule has 0 aromatic carbocycles. The fraction of sp³-hybridized carbons (Fsp3) is 0.333. The topological polar surface area (TPSA) is 58.2 Å². The second kappa shape index (κ2) is 5.99. The molecule has 0 aliphatic heterocycles. The number of hydrogen-bond acceptors (Lipinski definition) is 4. The highest BCUT2D eigenvalue weighted by molar-refractivity contribution is 7.08. The Morgan fingerprint density at radius 1 is 0.952 bits per heavy atom. The van der Waals surface area contributed by atoms with Crippen LogP contribution in [-0.2, 0) is 22.7 Å². The molecule has 0 bridgehead atoms. The lowest BCUT2D eigenvalue weighted by Gasteiger charge is -2.15. The molecule has 2 amide bonds. The molecule has 1 saturated carbocycles. The number of hydrogen-bond donors (Lipinski definition) is 2. The highest BCUT2D eigenvalue weighted by Crippen LogP contribution is 2.46. The molecule has 2 N–H and O–H groups in total. The summed E-state index contributed by atoms with van der Waals surface area (Å²) < 4.78 is 0. The molecule has 2 heterocycles. The van der Waals surface area contributed by atoms with Crippen LogP contribution in [0, 0.1) is 5.41 Å². The molecule has 3 rings (SSSR count). The van der Waals surface area contributed by atoms with E-state index in [-0.39, 0.29) is 11.8 Å². The minimum Gasteiger partial charge on any atom is -0.351 e. The molecule has 21 heavy (non-hydrogen) atoms. The molecular formula is C15H16N2O2S2. The highest BCUT2D eigenvalue weighted by atomic mass is 32.1. The zero-order chi connectivity index (χ0) is 14.7. The van der Waals surface area contributed by atoms with Gasteiger partial charge in [0.05, 0.1) is 0 Å². The van der Waals surface area contributed by atoms with E-state index in [0.717, 1.165) is 11.1 Å². The summed E-state index contributed by atoms with van der Waals surface area (Å²) in [6.07, 6.45) is 1.27. The number of rotatable bonds is 6. The minimum atomic E-state index is -0.841. The van der Waals surface area contributed by atoms with Crippen molar-refractivity contribution in [1.29, 1.82) is 0 Å². The molecule has 0 spiro atoms. The lowest BCUT2D eigenvalue weighted by atomic mass is 10.0. The summed E-state index contributed by atoms with van der Waals surface area (Å²) in [5.41, 5.74) is 1.30. The Hall–Kier alpha value is -1.66. The standard InChI is InChI=1S/C15H16N2O2S2/c18-13(16-7-11-1-5-20-9-11)15(3-4-15)14(19)17-8-12-2-6-21-10-12/h1-2,5-6,9-10H,3-4,7-8H2,(H,16,18)(H,17,19). The van der Waals surface area contributed by atoms with Gasteiger partial charge in [-0.05, 0) is 57.6 Å². The van der Waals surface area contributed by atoms with Gasteiger partial charge < -0.3 is 10.6 Å². The van der Waals surface area contributed by atoms with Crippen molar-refractivity contribution in [2.45, 2.75) is 25.9 Å². The number of amides is 2. The van der Waals surface area contributed by atoms with Crippen molar-refractivity contribution in [2.24, 2.45) is 5.41 Å². The lowest BCUT2D eigenvalue weighted by molar-refractivity contribution is -0.137. The highest BCUT2D eigenvalue weighted by Gasteiger charge is 2.56. The maximum Gasteiger partial charge on any atom is 0.235 e. The Morgan fingerprint density at radius 3 is 1.76 bits per heavy atom. The molecule has 4 nitrogen and oxygen atoms in total. The van der Waals surface area contributed by atoms with Crippen LogP contribution in [-0.4, -0.2) is 11.8 Å². The Kier molecular flexibility index (Phi) is 4.07. The Bertz CT molecular complexity index is 564.